The second-order valence-electron chi connectivity index (χ2n) is 6.61. The molecule has 5 nitrogen and oxygen atoms in total. The topological polar surface area (TPSA) is 59.8 Å². The van der Waals surface area contributed by atoms with E-state index in [1.54, 1.807) is 0 Å². The highest BCUT2D eigenvalue weighted by Crippen LogP contribution is 2.26. The van der Waals surface area contributed by atoms with E-state index < -0.39 is 0 Å². The molecule has 6 heteroatoms. The third kappa shape index (κ3) is 3.74. The summed E-state index contributed by atoms with van der Waals surface area (Å²) < 4.78 is 1.86. The Hall–Kier alpha value is -1.69. The molecule has 0 bridgehead atoms. The van der Waals surface area contributed by atoms with Gasteiger partial charge in [0.15, 0.2) is 5.13 Å². The lowest BCUT2D eigenvalue weighted by atomic mass is 9.93. The Morgan fingerprint density at radius 1 is 1.36 bits per heavy atom. The summed E-state index contributed by atoms with van der Waals surface area (Å²) in [5.41, 5.74) is 4.29. The van der Waals surface area contributed by atoms with Gasteiger partial charge < -0.3 is 5.32 Å². The molecular formula is C16H24N4OS. The fourth-order valence-electron chi connectivity index (χ4n) is 2.28. The number of aryl methyl sites for hydroxylation is 2. The van der Waals surface area contributed by atoms with Gasteiger partial charge in [0, 0.05) is 30.0 Å². The van der Waals surface area contributed by atoms with E-state index in [1.807, 2.05) is 31.0 Å². The summed E-state index contributed by atoms with van der Waals surface area (Å²) in [6.07, 6.45) is 1.15. The van der Waals surface area contributed by atoms with E-state index >= 15 is 0 Å². The first-order chi connectivity index (χ1) is 10.2. The number of carbonyl (C=O) groups is 1. The molecule has 0 radical (unpaired) electrons. The highest BCUT2D eigenvalue weighted by atomic mass is 32.1. The lowest BCUT2D eigenvalue weighted by molar-refractivity contribution is -0.116. The summed E-state index contributed by atoms with van der Waals surface area (Å²) in [5, 5.41) is 9.95. The van der Waals surface area contributed by atoms with Crippen LogP contribution in [-0.4, -0.2) is 20.7 Å². The number of thiazole rings is 1. The number of hydrogen-bond donors (Lipinski definition) is 1. The van der Waals surface area contributed by atoms with E-state index in [0.29, 0.717) is 18.0 Å². The largest absolute Gasteiger partial charge is 0.302 e. The van der Waals surface area contributed by atoms with Crippen molar-refractivity contribution in [3.63, 3.8) is 0 Å². The van der Waals surface area contributed by atoms with E-state index in [9.17, 15) is 4.79 Å². The van der Waals surface area contributed by atoms with Crippen LogP contribution in [0.3, 0.4) is 0 Å². The summed E-state index contributed by atoms with van der Waals surface area (Å²) in [6.45, 7) is 10.4. The molecular weight excluding hydrogens is 296 g/mol. The van der Waals surface area contributed by atoms with E-state index in [-0.39, 0.29) is 11.3 Å². The van der Waals surface area contributed by atoms with Crippen LogP contribution in [0.2, 0.25) is 0 Å². The minimum absolute atomic E-state index is 0.00235. The van der Waals surface area contributed by atoms with Gasteiger partial charge in [0.05, 0.1) is 11.4 Å². The van der Waals surface area contributed by atoms with Gasteiger partial charge >= 0.3 is 0 Å². The zero-order valence-electron chi connectivity index (χ0n) is 14.1. The molecule has 2 aromatic rings. The second kappa shape index (κ2) is 6.20. The molecule has 0 spiro atoms. The summed E-state index contributed by atoms with van der Waals surface area (Å²) >= 11 is 1.48. The summed E-state index contributed by atoms with van der Waals surface area (Å²) in [7, 11) is 1.93. The molecule has 0 saturated carbocycles. The molecule has 0 unspecified atom stereocenters. The Bertz CT molecular complexity index is 679. The van der Waals surface area contributed by atoms with Gasteiger partial charge in [-0.1, -0.05) is 20.8 Å². The molecule has 1 N–H and O–H groups in total. The maximum atomic E-state index is 12.1. The van der Waals surface area contributed by atoms with Crippen LogP contribution in [0.25, 0.3) is 0 Å². The molecule has 0 saturated heterocycles. The number of hydrogen-bond acceptors (Lipinski definition) is 4. The minimum atomic E-state index is -0.00235. The number of anilines is 1. The predicted octanol–water partition coefficient (Wildman–Crippen LogP) is 3.36. The van der Waals surface area contributed by atoms with Crippen molar-refractivity contribution in [2.75, 3.05) is 5.32 Å². The van der Waals surface area contributed by atoms with Crippen molar-refractivity contribution >= 4 is 22.4 Å². The molecule has 120 valence electrons. The van der Waals surface area contributed by atoms with Gasteiger partial charge in [-0.15, -0.1) is 11.3 Å². The molecule has 0 fully saturated rings. The number of nitrogens with zero attached hydrogens (tertiary/aromatic N) is 3. The second-order valence-corrected chi connectivity index (χ2v) is 7.47. The molecule has 0 atom stereocenters. The first-order valence-corrected chi connectivity index (χ1v) is 8.31. The first-order valence-electron chi connectivity index (χ1n) is 7.43. The van der Waals surface area contributed by atoms with Crippen LogP contribution < -0.4 is 5.32 Å². The van der Waals surface area contributed by atoms with E-state index in [1.165, 1.54) is 11.3 Å². The average Bonchev–Trinajstić information content (AvgIpc) is 2.94. The molecule has 2 aromatic heterocycles. The Kier molecular flexibility index (Phi) is 4.70. The third-order valence-electron chi connectivity index (χ3n) is 3.78. The van der Waals surface area contributed by atoms with Gasteiger partial charge in [0.2, 0.25) is 5.91 Å². The highest BCUT2D eigenvalue weighted by Gasteiger charge is 2.18. The maximum absolute atomic E-state index is 12.1. The van der Waals surface area contributed by atoms with Gasteiger partial charge in [-0.2, -0.15) is 5.10 Å². The lowest BCUT2D eigenvalue weighted by Gasteiger charge is -2.14. The number of nitrogens with one attached hydrogen (secondary N) is 1. The maximum Gasteiger partial charge on any atom is 0.226 e. The van der Waals surface area contributed by atoms with Crippen molar-refractivity contribution in [2.24, 2.45) is 7.05 Å². The van der Waals surface area contributed by atoms with Crippen LogP contribution >= 0.6 is 11.3 Å². The molecule has 2 rings (SSSR count). The summed E-state index contributed by atoms with van der Waals surface area (Å²) in [4.78, 5) is 16.6. The fraction of sp³-hybridized carbons (Fsp3) is 0.562. The minimum Gasteiger partial charge on any atom is -0.302 e. The van der Waals surface area contributed by atoms with Crippen LogP contribution in [0, 0.1) is 13.8 Å². The van der Waals surface area contributed by atoms with Gasteiger partial charge in [-0.25, -0.2) is 4.98 Å². The molecule has 0 aromatic carbocycles. The number of amides is 1. The molecule has 22 heavy (non-hydrogen) atoms. The van der Waals surface area contributed by atoms with Crippen molar-refractivity contribution < 1.29 is 4.79 Å². The van der Waals surface area contributed by atoms with Crippen LogP contribution in [0.1, 0.15) is 49.8 Å². The SMILES string of the molecule is Cc1nn(C)c(C)c1CCC(=O)Nc1nc(C(C)(C)C)cs1. The van der Waals surface area contributed by atoms with Crippen LogP contribution in [0.4, 0.5) is 5.13 Å². The summed E-state index contributed by atoms with van der Waals surface area (Å²) in [5.74, 6) is -0.00235. The third-order valence-corrected chi connectivity index (χ3v) is 4.54. The molecule has 0 aliphatic rings. The zero-order chi connectivity index (χ0) is 16.5. The Balaban J connectivity index is 1.95. The highest BCUT2D eigenvalue weighted by molar-refractivity contribution is 7.13. The molecule has 0 aliphatic heterocycles. The van der Waals surface area contributed by atoms with E-state index in [4.69, 9.17) is 0 Å². The standard InChI is InChI=1S/C16H24N4OS/c1-10-12(11(2)20(6)19-10)7-8-14(21)18-15-17-13(9-22-15)16(3,4)5/h9H,7-8H2,1-6H3,(H,17,18,21). The number of carbonyl (C=O) groups excluding carboxylic acids is 1. The first kappa shape index (κ1) is 16.7. The van der Waals surface area contributed by atoms with E-state index in [0.717, 1.165) is 22.6 Å². The normalized spacial score (nSPS) is 11.7. The number of rotatable bonds is 4. The Morgan fingerprint density at radius 3 is 2.55 bits per heavy atom. The zero-order valence-corrected chi connectivity index (χ0v) is 15.0. The van der Waals surface area contributed by atoms with E-state index in [2.05, 4.69) is 36.2 Å². The van der Waals surface area contributed by atoms with Crippen molar-refractivity contribution in [1.29, 1.82) is 0 Å². The van der Waals surface area contributed by atoms with Gasteiger partial charge in [-0.3, -0.25) is 9.48 Å². The fourth-order valence-corrected chi connectivity index (χ4v) is 3.23. The predicted molar refractivity (Wildman–Crippen MR) is 90.4 cm³/mol. The summed E-state index contributed by atoms with van der Waals surface area (Å²) in [6, 6.07) is 0. The van der Waals surface area contributed by atoms with Crippen molar-refractivity contribution in [3.8, 4) is 0 Å². The smallest absolute Gasteiger partial charge is 0.226 e. The Morgan fingerprint density at radius 2 is 2.05 bits per heavy atom. The van der Waals surface area contributed by atoms with Crippen LogP contribution in [0.15, 0.2) is 5.38 Å². The number of aromatic nitrogens is 3. The van der Waals surface area contributed by atoms with Crippen LogP contribution in [-0.2, 0) is 23.7 Å². The average molecular weight is 320 g/mol. The molecule has 0 aliphatic carbocycles. The van der Waals surface area contributed by atoms with Crippen LogP contribution in [0.5, 0.6) is 0 Å². The quantitative estimate of drug-likeness (QED) is 0.939. The molecule has 1 amide bonds. The van der Waals surface area contributed by atoms with Crippen molar-refractivity contribution in [2.45, 2.75) is 52.9 Å². The lowest BCUT2D eigenvalue weighted by Crippen LogP contribution is -2.14. The van der Waals surface area contributed by atoms with Gasteiger partial charge in [-0.05, 0) is 25.8 Å². The van der Waals surface area contributed by atoms with Crippen molar-refractivity contribution in [1.82, 2.24) is 14.8 Å². The molecule has 2 heterocycles. The van der Waals surface area contributed by atoms with Crippen molar-refractivity contribution in [3.05, 3.63) is 28.0 Å². The Labute approximate surface area is 135 Å². The monoisotopic (exact) mass is 320 g/mol. The van der Waals surface area contributed by atoms with Gasteiger partial charge in [0.1, 0.15) is 0 Å². The van der Waals surface area contributed by atoms with Gasteiger partial charge in [0.25, 0.3) is 0 Å².